The molecule has 0 bridgehead atoms. The zero-order valence-corrected chi connectivity index (χ0v) is 16.5. The van der Waals surface area contributed by atoms with E-state index in [2.05, 4.69) is 35.8 Å². The highest BCUT2D eigenvalue weighted by Gasteiger charge is 2.30. The zero-order valence-electron chi connectivity index (χ0n) is 15.7. The Bertz CT molecular complexity index is 861. The third-order valence-corrected chi connectivity index (χ3v) is 5.59. The molecular weight excluding hydrogens is 362 g/mol. The normalized spacial score (nSPS) is 17.1. The fourth-order valence-corrected chi connectivity index (χ4v) is 4.00. The van der Waals surface area contributed by atoms with Gasteiger partial charge < -0.3 is 14.5 Å². The number of piperazine rings is 1. The maximum atomic E-state index is 12.4. The molecule has 2 aliphatic rings. The van der Waals surface area contributed by atoms with E-state index >= 15 is 0 Å². The van der Waals surface area contributed by atoms with Crippen LogP contribution in [0.2, 0.25) is 5.02 Å². The summed E-state index contributed by atoms with van der Waals surface area (Å²) in [5.41, 5.74) is 3.81. The maximum absolute atomic E-state index is 12.4. The van der Waals surface area contributed by atoms with Crippen molar-refractivity contribution in [3.8, 4) is 0 Å². The number of aromatic nitrogens is 1. The number of hydrogen-bond acceptors (Lipinski definition) is 5. The number of cyclic esters (lactones) is 1. The van der Waals surface area contributed by atoms with Crippen molar-refractivity contribution >= 4 is 29.1 Å². The van der Waals surface area contributed by atoms with E-state index in [0.717, 1.165) is 60.4 Å². The highest BCUT2D eigenvalue weighted by Crippen LogP contribution is 2.32. The first-order chi connectivity index (χ1) is 13.0. The molecule has 6 heteroatoms. The van der Waals surface area contributed by atoms with Crippen molar-refractivity contribution in [2.24, 2.45) is 0 Å². The van der Waals surface area contributed by atoms with Gasteiger partial charge in [-0.2, -0.15) is 0 Å². The molecule has 0 spiro atoms. The molecule has 0 saturated carbocycles. The molecule has 3 heterocycles. The van der Waals surface area contributed by atoms with Crippen LogP contribution in [0.4, 0.5) is 11.5 Å². The summed E-state index contributed by atoms with van der Waals surface area (Å²) in [6.07, 6.45) is 0.760. The van der Waals surface area contributed by atoms with E-state index in [0.29, 0.717) is 18.1 Å². The Kier molecular flexibility index (Phi) is 4.96. The summed E-state index contributed by atoms with van der Waals surface area (Å²) in [7, 11) is 0. The molecule has 0 radical (unpaired) electrons. The standard InChI is InChI=1S/C21H24ClN3O2/c1-14(2)17-13-15-7-12-27-21(26)19(15)20(23-17)25-10-8-24(9-11-25)18-6-4-3-5-16(18)22/h3-6,13-14H,7-12H2,1-2H3. The lowest BCUT2D eigenvalue weighted by Crippen LogP contribution is -2.47. The number of esters is 1. The molecule has 0 atom stereocenters. The average molecular weight is 386 g/mol. The Labute approximate surface area is 164 Å². The van der Waals surface area contributed by atoms with Gasteiger partial charge in [0.2, 0.25) is 0 Å². The van der Waals surface area contributed by atoms with E-state index in [1.807, 2.05) is 18.2 Å². The van der Waals surface area contributed by atoms with Gasteiger partial charge in [0.15, 0.2) is 0 Å². The lowest BCUT2D eigenvalue weighted by atomic mass is 9.98. The lowest BCUT2D eigenvalue weighted by Gasteiger charge is -2.38. The van der Waals surface area contributed by atoms with E-state index in [-0.39, 0.29) is 5.97 Å². The molecule has 27 heavy (non-hydrogen) atoms. The van der Waals surface area contributed by atoms with Crippen molar-refractivity contribution in [1.29, 1.82) is 0 Å². The maximum Gasteiger partial charge on any atom is 0.342 e. The molecule has 5 nitrogen and oxygen atoms in total. The van der Waals surface area contributed by atoms with E-state index in [9.17, 15) is 4.79 Å². The number of carbonyl (C=O) groups is 1. The van der Waals surface area contributed by atoms with Gasteiger partial charge in [-0.25, -0.2) is 9.78 Å². The molecule has 0 N–H and O–H groups in total. The van der Waals surface area contributed by atoms with Crippen LogP contribution in [0.15, 0.2) is 30.3 Å². The Balaban J connectivity index is 1.62. The predicted molar refractivity (Wildman–Crippen MR) is 108 cm³/mol. The summed E-state index contributed by atoms with van der Waals surface area (Å²) in [6, 6.07) is 10.00. The van der Waals surface area contributed by atoms with Gasteiger partial charge in [-0.15, -0.1) is 0 Å². The molecule has 1 fully saturated rings. The number of rotatable bonds is 3. The first-order valence-corrected chi connectivity index (χ1v) is 9.87. The van der Waals surface area contributed by atoms with E-state index in [4.69, 9.17) is 21.3 Å². The number of anilines is 2. The van der Waals surface area contributed by atoms with Gasteiger partial charge in [-0.05, 0) is 29.7 Å². The first kappa shape index (κ1) is 18.1. The summed E-state index contributed by atoms with van der Waals surface area (Å²) >= 11 is 6.35. The second-order valence-electron chi connectivity index (χ2n) is 7.37. The number of carbonyl (C=O) groups excluding carboxylic acids is 1. The molecule has 0 aliphatic carbocycles. The number of ether oxygens (including phenoxy) is 1. The largest absolute Gasteiger partial charge is 0.462 e. The number of halogens is 1. The van der Waals surface area contributed by atoms with Crippen LogP contribution in [-0.4, -0.2) is 43.7 Å². The van der Waals surface area contributed by atoms with Gasteiger partial charge in [0.25, 0.3) is 0 Å². The van der Waals surface area contributed by atoms with Gasteiger partial charge in [0.1, 0.15) is 11.4 Å². The second kappa shape index (κ2) is 7.39. The van der Waals surface area contributed by atoms with Gasteiger partial charge in [-0.1, -0.05) is 37.6 Å². The van der Waals surface area contributed by atoms with E-state index in [1.54, 1.807) is 0 Å². The number of benzene rings is 1. The van der Waals surface area contributed by atoms with E-state index in [1.165, 1.54) is 0 Å². The fourth-order valence-electron chi connectivity index (χ4n) is 3.74. The molecule has 0 amide bonds. The van der Waals surface area contributed by atoms with Crippen molar-refractivity contribution in [3.63, 3.8) is 0 Å². The van der Waals surface area contributed by atoms with Crippen molar-refractivity contribution in [2.45, 2.75) is 26.2 Å². The number of fused-ring (bicyclic) bond motifs is 1. The zero-order chi connectivity index (χ0) is 19.0. The van der Waals surface area contributed by atoms with Crippen molar-refractivity contribution in [2.75, 3.05) is 42.6 Å². The fraction of sp³-hybridized carbons (Fsp3) is 0.429. The van der Waals surface area contributed by atoms with Crippen LogP contribution < -0.4 is 9.80 Å². The molecule has 4 rings (SSSR count). The van der Waals surface area contributed by atoms with Crippen molar-refractivity contribution in [1.82, 2.24) is 4.98 Å². The van der Waals surface area contributed by atoms with Crippen LogP contribution in [0.5, 0.6) is 0 Å². The monoisotopic (exact) mass is 385 g/mol. The Morgan fingerprint density at radius 3 is 2.52 bits per heavy atom. The molecule has 1 aromatic heterocycles. The quantitative estimate of drug-likeness (QED) is 0.750. The summed E-state index contributed by atoms with van der Waals surface area (Å²) in [6.45, 7) is 7.97. The summed E-state index contributed by atoms with van der Waals surface area (Å²) in [5, 5.41) is 0.770. The first-order valence-electron chi connectivity index (χ1n) is 9.50. The second-order valence-corrected chi connectivity index (χ2v) is 7.78. The van der Waals surface area contributed by atoms with Crippen LogP contribution in [0.25, 0.3) is 0 Å². The van der Waals surface area contributed by atoms with Crippen LogP contribution in [0.1, 0.15) is 41.4 Å². The number of nitrogens with zero attached hydrogens (tertiary/aromatic N) is 3. The average Bonchev–Trinajstić information content (AvgIpc) is 2.68. The summed E-state index contributed by atoms with van der Waals surface area (Å²) in [4.78, 5) is 21.8. The van der Waals surface area contributed by atoms with Crippen LogP contribution >= 0.6 is 11.6 Å². The molecule has 2 aliphatic heterocycles. The third-order valence-electron chi connectivity index (χ3n) is 5.27. The molecule has 142 valence electrons. The Morgan fingerprint density at radius 2 is 1.81 bits per heavy atom. The van der Waals surface area contributed by atoms with Crippen LogP contribution in [0, 0.1) is 0 Å². The SMILES string of the molecule is CC(C)c1cc2c(c(N3CCN(c4ccccc4Cl)CC3)n1)C(=O)OCC2. The molecule has 1 aromatic carbocycles. The molecule has 2 aromatic rings. The third kappa shape index (κ3) is 3.48. The van der Waals surface area contributed by atoms with Crippen LogP contribution in [-0.2, 0) is 11.2 Å². The van der Waals surface area contributed by atoms with Crippen LogP contribution in [0.3, 0.4) is 0 Å². The number of pyridine rings is 1. The minimum atomic E-state index is -0.248. The highest BCUT2D eigenvalue weighted by atomic mass is 35.5. The summed E-state index contributed by atoms with van der Waals surface area (Å²) in [5.74, 6) is 0.846. The van der Waals surface area contributed by atoms with E-state index < -0.39 is 0 Å². The van der Waals surface area contributed by atoms with Crippen molar-refractivity contribution < 1.29 is 9.53 Å². The van der Waals surface area contributed by atoms with Gasteiger partial charge in [0, 0.05) is 38.3 Å². The summed E-state index contributed by atoms with van der Waals surface area (Å²) < 4.78 is 5.31. The lowest BCUT2D eigenvalue weighted by molar-refractivity contribution is 0.0480. The van der Waals surface area contributed by atoms with Gasteiger partial charge in [0.05, 0.1) is 17.3 Å². The van der Waals surface area contributed by atoms with Gasteiger partial charge in [-0.3, -0.25) is 0 Å². The topological polar surface area (TPSA) is 45.7 Å². The minimum Gasteiger partial charge on any atom is -0.462 e. The van der Waals surface area contributed by atoms with Gasteiger partial charge >= 0.3 is 5.97 Å². The number of hydrogen-bond donors (Lipinski definition) is 0. The Hall–Kier alpha value is -2.27. The molecular formula is C21H24ClN3O2. The predicted octanol–water partition coefficient (Wildman–Crippen LogP) is 3.90. The number of para-hydroxylation sites is 1. The smallest absolute Gasteiger partial charge is 0.342 e. The minimum absolute atomic E-state index is 0.248. The highest BCUT2D eigenvalue weighted by molar-refractivity contribution is 6.33. The molecule has 0 unspecified atom stereocenters. The van der Waals surface area contributed by atoms with Crippen molar-refractivity contribution in [3.05, 3.63) is 52.2 Å². The Morgan fingerprint density at radius 1 is 1.11 bits per heavy atom. The molecule has 1 saturated heterocycles.